The van der Waals surface area contributed by atoms with E-state index in [1.807, 2.05) is 0 Å². The molecule has 1 aliphatic rings. The van der Waals surface area contributed by atoms with Gasteiger partial charge in [-0.15, -0.1) is 8.78 Å². The molecule has 0 spiro atoms. The highest BCUT2D eigenvalue weighted by Crippen LogP contribution is 2.45. The lowest BCUT2D eigenvalue weighted by Crippen LogP contribution is -2.25. The lowest BCUT2D eigenvalue weighted by Gasteiger charge is -2.16. The first kappa shape index (κ1) is 32.6. The van der Waals surface area contributed by atoms with Crippen LogP contribution in [0.2, 0.25) is 0 Å². The lowest BCUT2D eigenvalue weighted by molar-refractivity contribution is -0.286. The summed E-state index contributed by atoms with van der Waals surface area (Å²) in [6, 6.07) is 10.3. The minimum atomic E-state index is -4.91. The number of halogens is 6. The van der Waals surface area contributed by atoms with E-state index in [-0.39, 0.29) is 62.5 Å². The molecule has 16 heteroatoms. The summed E-state index contributed by atoms with van der Waals surface area (Å²) in [4.78, 5) is 3.91. The number of fused-ring (bicyclic) bond motifs is 1. The van der Waals surface area contributed by atoms with Crippen LogP contribution < -0.4 is 14.8 Å². The molecule has 0 fully saturated rings. The van der Waals surface area contributed by atoms with Gasteiger partial charge < -0.3 is 24.3 Å². The lowest BCUT2D eigenvalue weighted by atomic mass is 9.97. The number of rotatable bonds is 8. The second kappa shape index (κ2) is 11.5. The fourth-order valence-electron chi connectivity index (χ4n) is 4.73. The second-order valence-corrected chi connectivity index (χ2v) is 12.2. The number of nitrogens with zero attached hydrogens (tertiary/aromatic N) is 1. The van der Waals surface area contributed by atoms with Crippen LogP contribution in [0.5, 0.6) is 11.5 Å². The van der Waals surface area contributed by atoms with E-state index in [0.29, 0.717) is 6.08 Å². The molecule has 2 heterocycles. The normalized spacial score (nSPS) is 14.4. The fraction of sp³-hybridized carbons (Fsp3) is 0.200. The highest BCUT2D eigenvalue weighted by Gasteiger charge is 2.43. The van der Waals surface area contributed by atoms with Gasteiger partial charge in [-0.05, 0) is 66.6 Å². The van der Waals surface area contributed by atoms with Crippen molar-refractivity contribution < 1.29 is 53.8 Å². The summed E-state index contributed by atoms with van der Waals surface area (Å²) < 4.78 is 121. The molecule has 3 aromatic carbocycles. The predicted molar refractivity (Wildman–Crippen MR) is 154 cm³/mol. The Labute approximate surface area is 257 Å². The van der Waals surface area contributed by atoms with Crippen molar-refractivity contribution in [1.29, 1.82) is 5.41 Å². The van der Waals surface area contributed by atoms with Crippen LogP contribution >= 0.6 is 0 Å². The molecule has 0 amide bonds. The zero-order chi connectivity index (χ0) is 33.8. The molecule has 5 rings (SSSR count). The number of benzene rings is 3. The number of alkyl halides is 5. The maximum Gasteiger partial charge on any atom is 0.586 e. The van der Waals surface area contributed by atoms with Crippen molar-refractivity contribution in [2.75, 3.05) is 11.6 Å². The number of hydrogen-bond acceptors (Lipinski definition) is 9. The van der Waals surface area contributed by atoms with E-state index < -0.39 is 50.9 Å². The molecule has 0 unspecified atom stereocenters. The first-order valence-corrected chi connectivity index (χ1v) is 15.0. The Kier molecular flexibility index (Phi) is 8.15. The van der Waals surface area contributed by atoms with Gasteiger partial charge in [0.2, 0.25) is 0 Å². The number of allylic oxidation sites excluding steroid dienone is 2. The van der Waals surface area contributed by atoms with Crippen LogP contribution in [-0.2, 0) is 16.4 Å². The number of oxazole rings is 1. The Morgan fingerprint density at radius 3 is 2.37 bits per heavy atom. The average molecular weight is 668 g/mol. The summed E-state index contributed by atoms with van der Waals surface area (Å²) in [5.41, 5.74) is -1.27. The van der Waals surface area contributed by atoms with Gasteiger partial charge in [-0.1, -0.05) is 6.07 Å². The first-order chi connectivity index (χ1) is 21.4. The Balaban J connectivity index is 1.70. The zero-order valence-corrected chi connectivity index (χ0v) is 24.8. The van der Waals surface area contributed by atoms with Gasteiger partial charge >= 0.3 is 12.5 Å². The summed E-state index contributed by atoms with van der Waals surface area (Å²) in [6.45, 7) is 1.88. The highest BCUT2D eigenvalue weighted by molar-refractivity contribution is 7.90. The van der Waals surface area contributed by atoms with Gasteiger partial charge in [0.25, 0.3) is 0 Å². The van der Waals surface area contributed by atoms with Gasteiger partial charge in [0.1, 0.15) is 17.2 Å². The van der Waals surface area contributed by atoms with Crippen LogP contribution in [0.15, 0.2) is 69.6 Å². The number of hydrogen-bond donors (Lipinski definition) is 3. The first-order valence-electron chi connectivity index (χ1n) is 13.1. The molecule has 46 heavy (non-hydrogen) atoms. The second-order valence-electron chi connectivity index (χ2n) is 10.2. The molecule has 0 radical (unpaired) electrons. The van der Waals surface area contributed by atoms with Gasteiger partial charge in [0.05, 0.1) is 11.5 Å². The van der Waals surface area contributed by atoms with Gasteiger partial charge in [-0.25, -0.2) is 17.8 Å². The summed E-state index contributed by atoms with van der Waals surface area (Å²) >= 11 is 0. The number of ether oxygens (including phenoxy) is 2. The van der Waals surface area contributed by atoms with E-state index in [2.05, 4.69) is 19.8 Å². The minimum absolute atomic E-state index is 0.00182. The molecule has 0 aliphatic carbocycles. The maximum atomic E-state index is 15.0. The van der Waals surface area contributed by atoms with Gasteiger partial charge in [0, 0.05) is 41.3 Å². The standard InChI is InChI=1S/C30H23F6N3O6S/c1-14(8-26(37)29(32,33)34)38-22-6-4-16(18-10-21(31)20(13-40)25(12-18)46(3,41)42)9-19(22)28-27(39-15(2)43-28)17-5-7-23-24(11-17)45-30(35,36)44-23/h4-12,37-38,40H,13H2,1-3H3/b14-8-,37-26?. The van der Waals surface area contributed by atoms with E-state index in [0.717, 1.165) is 18.4 Å². The monoisotopic (exact) mass is 667 g/mol. The number of aliphatic hydroxyl groups is 1. The van der Waals surface area contributed by atoms with Crippen molar-refractivity contribution in [3.8, 4) is 45.2 Å². The number of aliphatic hydroxyl groups excluding tert-OH is 1. The largest absolute Gasteiger partial charge is 0.586 e. The summed E-state index contributed by atoms with van der Waals surface area (Å²) in [7, 11) is -4.00. The van der Waals surface area contributed by atoms with Crippen molar-refractivity contribution in [3.63, 3.8) is 0 Å². The molecule has 9 nitrogen and oxygen atoms in total. The molecule has 1 aromatic heterocycles. The summed E-state index contributed by atoms with van der Waals surface area (Å²) in [5.74, 6) is -1.42. The van der Waals surface area contributed by atoms with Crippen LogP contribution in [0, 0.1) is 18.2 Å². The average Bonchev–Trinajstić information content (AvgIpc) is 3.48. The van der Waals surface area contributed by atoms with E-state index >= 15 is 4.39 Å². The molecule has 0 bridgehead atoms. The quantitative estimate of drug-likeness (QED) is 0.132. The molecular weight excluding hydrogens is 644 g/mol. The third-order valence-electron chi connectivity index (χ3n) is 6.72. The maximum absolute atomic E-state index is 15.0. The third-order valence-corrected chi connectivity index (χ3v) is 7.88. The van der Waals surface area contributed by atoms with E-state index in [4.69, 9.17) is 9.83 Å². The van der Waals surface area contributed by atoms with Crippen molar-refractivity contribution >= 4 is 21.2 Å². The van der Waals surface area contributed by atoms with E-state index in [9.17, 15) is 35.5 Å². The van der Waals surface area contributed by atoms with Crippen molar-refractivity contribution in [2.24, 2.45) is 0 Å². The summed E-state index contributed by atoms with van der Waals surface area (Å²) in [6.07, 6.45) is -7.40. The molecule has 1 aliphatic heterocycles. The Hall–Kier alpha value is -4.83. The van der Waals surface area contributed by atoms with Crippen LogP contribution in [0.25, 0.3) is 33.7 Å². The number of aromatic nitrogens is 1. The smallest absolute Gasteiger partial charge is 0.440 e. The van der Waals surface area contributed by atoms with E-state index in [1.165, 1.54) is 50.2 Å². The number of anilines is 1. The highest BCUT2D eigenvalue weighted by atomic mass is 32.2. The zero-order valence-electron chi connectivity index (χ0n) is 24.0. The molecule has 242 valence electrons. The Morgan fingerprint density at radius 2 is 1.72 bits per heavy atom. The van der Waals surface area contributed by atoms with Crippen LogP contribution in [0.3, 0.4) is 0 Å². The minimum Gasteiger partial charge on any atom is -0.440 e. The summed E-state index contributed by atoms with van der Waals surface area (Å²) in [5, 5.41) is 19.7. The Morgan fingerprint density at radius 1 is 1.04 bits per heavy atom. The molecule has 0 saturated heterocycles. The Bertz CT molecular complexity index is 2020. The number of sulfone groups is 1. The van der Waals surface area contributed by atoms with Crippen molar-refractivity contribution in [1.82, 2.24) is 4.98 Å². The number of aryl methyl sites for hydroxylation is 1. The van der Waals surface area contributed by atoms with Crippen LogP contribution in [-0.4, -0.2) is 42.9 Å². The van der Waals surface area contributed by atoms with Crippen molar-refractivity contribution in [2.45, 2.75) is 37.8 Å². The molecule has 0 saturated carbocycles. The third kappa shape index (κ3) is 6.57. The van der Waals surface area contributed by atoms with E-state index in [1.54, 1.807) is 0 Å². The van der Waals surface area contributed by atoms with Crippen molar-refractivity contribution in [3.05, 3.63) is 77.6 Å². The van der Waals surface area contributed by atoms with Crippen LogP contribution in [0.4, 0.5) is 32.0 Å². The fourth-order valence-corrected chi connectivity index (χ4v) is 5.68. The molecular formula is C30H23F6N3O6S. The van der Waals surface area contributed by atoms with Gasteiger partial charge in [-0.3, -0.25) is 5.41 Å². The SMILES string of the molecule is C/C(=C/C(=N)C(F)(F)F)Nc1ccc(-c2cc(F)c(CO)c(S(C)(=O)=O)c2)cc1-c1oc(C)nc1-c1ccc2c(c1)OC(F)(F)O2. The number of nitrogens with one attached hydrogen (secondary N) is 2. The van der Waals surface area contributed by atoms with Gasteiger partial charge in [0.15, 0.2) is 33.0 Å². The van der Waals surface area contributed by atoms with Crippen LogP contribution in [0.1, 0.15) is 18.4 Å². The predicted octanol–water partition coefficient (Wildman–Crippen LogP) is 7.24. The topological polar surface area (TPSA) is 135 Å². The molecule has 4 aromatic rings. The molecule has 0 atom stereocenters. The molecule has 3 N–H and O–H groups in total. The van der Waals surface area contributed by atoms with Gasteiger partial charge in [-0.2, -0.15) is 13.2 Å².